The van der Waals surface area contributed by atoms with Gasteiger partial charge in [0, 0.05) is 6.54 Å². The van der Waals surface area contributed by atoms with Crippen LogP contribution in [0.5, 0.6) is 0 Å². The summed E-state index contributed by atoms with van der Waals surface area (Å²) < 4.78 is 62.1. The lowest BCUT2D eigenvalue weighted by atomic mass is 10.1. The van der Waals surface area contributed by atoms with Gasteiger partial charge in [0.25, 0.3) is 0 Å². The quantitative estimate of drug-likeness (QED) is 0.769. The van der Waals surface area contributed by atoms with Crippen molar-refractivity contribution in [2.24, 2.45) is 5.73 Å². The molecule has 1 aromatic rings. The number of nitrogens with two attached hydrogens (primary N) is 1. The first-order valence-corrected chi connectivity index (χ1v) is 4.07. The molecule has 1 rings (SSSR count). The van der Waals surface area contributed by atoms with Crippen LogP contribution in [0.2, 0.25) is 0 Å². The smallest absolute Gasteiger partial charge is 0.327 e. The molecule has 2 N–H and O–H groups in total. The maximum absolute atomic E-state index is 12.9. The second-order valence-electron chi connectivity index (χ2n) is 2.94. The van der Waals surface area contributed by atoms with E-state index in [4.69, 9.17) is 5.73 Å². The van der Waals surface area contributed by atoms with Crippen molar-refractivity contribution in [3.63, 3.8) is 0 Å². The monoisotopic (exact) mass is 225 g/mol. The molecule has 0 aliphatic rings. The summed E-state index contributed by atoms with van der Waals surface area (Å²) in [6, 6.07) is 1.90. The molecule has 0 aromatic heterocycles. The molecule has 6 heteroatoms. The molecule has 0 saturated heterocycles. The minimum atomic E-state index is -4.77. The van der Waals surface area contributed by atoms with Gasteiger partial charge in [-0.05, 0) is 17.7 Å². The summed E-state index contributed by atoms with van der Waals surface area (Å²) in [6.07, 6.45) is -6.42. The predicted molar refractivity (Wildman–Crippen MR) is 44.3 cm³/mol. The highest BCUT2D eigenvalue weighted by atomic mass is 19.4. The van der Waals surface area contributed by atoms with E-state index in [0.29, 0.717) is 12.1 Å². The lowest BCUT2D eigenvalue weighted by molar-refractivity contribution is -0.140. The number of hydrogen-bond acceptors (Lipinski definition) is 1. The number of hydrogen-bond donors (Lipinski definition) is 1. The Hall–Kier alpha value is -1.17. The Balaban J connectivity index is 3.09. The second-order valence-corrected chi connectivity index (χ2v) is 2.94. The first kappa shape index (κ1) is 11.9. The van der Waals surface area contributed by atoms with Gasteiger partial charge in [0.05, 0.1) is 5.56 Å². The molecular weight excluding hydrogens is 217 g/mol. The van der Waals surface area contributed by atoms with Gasteiger partial charge in [0.15, 0.2) is 0 Å². The Morgan fingerprint density at radius 1 is 1.27 bits per heavy atom. The van der Waals surface area contributed by atoms with Crippen molar-refractivity contribution in [3.8, 4) is 0 Å². The van der Waals surface area contributed by atoms with E-state index >= 15 is 0 Å². The van der Waals surface area contributed by atoms with Crippen molar-refractivity contribution in [1.29, 1.82) is 0 Å². The second kappa shape index (κ2) is 4.14. The highest BCUT2D eigenvalue weighted by Gasteiger charge is 2.34. The summed E-state index contributed by atoms with van der Waals surface area (Å²) in [7, 11) is 0. The third-order valence-electron chi connectivity index (χ3n) is 1.87. The minimum Gasteiger partial charge on any atom is -0.327 e. The van der Waals surface area contributed by atoms with Gasteiger partial charge in [-0.3, -0.25) is 0 Å². The van der Waals surface area contributed by atoms with Crippen LogP contribution in [-0.4, -0.2) is 6.54 Å². The van der Waals surface area contributed by atoms with E-state index in [1.807, 2.05) is 0 Å². The van der Waals surface area contributed by atoms with Crippen molar-refractivity contribution >= 4 is 0 Å². The normalized spacial score (nSPS) is 14.0. The first-order chi connectivity index (χ1) is 6.86. The largest absolute Gasteiger partial charge is 0.419 e. The minimum absolute atomic E-state index is 0.192. The molecule has 1 unspecified atom stereocenters. The van der Waals surface area contributed by atoms with Gasteiger partial charge in [-0.25, -0.2) is 8.78 Å². The van der Waals surface area contributed by atoms with Crippen LogP contribution in [0.1, 0.15) is 17.3 Å². The highest BCUT2D eigenvalue weighted by molar-refractivity contribution is 5.28. The van der Waals surface area contributed by atoms with E-state index in [0.717, 1.165) is 6.07 Å². The molecule has 0 radical (unpaired) electrons. The summed E-state index contributed by atoms with van der Waals surface area (Å²) in [6.45, 7) is -0.398. The van der Waals surface area contributed by atoms with Crippen molar-refractivity contribution in [2.75, 3.05) is 6.54 Å². The van der Waals surface area contributed by atoms with Gasteiger partial charge in [0.2, 0.25) is 0 Å². The molecule has 0 heterocycles. The van der Waals surface area contributed by atoms with Crippen LogP contribution in [0.3, 0.4) is 0 Å². The van der Waals surface area contributed by atoms with Crippen LogP contribution >= 0.6 is 0 Å². The Bertz CT molecular complexity index is 347. The molecule has 0 amide bonds. The molecule has 0 spiro atoms. The molecule has 1 atom stereocenters. The van der Waals surface area contributed by atoms with E-state index in [2.05, 4.69) is 0 Å². The standard InChI is InChI=1S/C9H8F5N/c10-7-3-5(8(11)4-15)1-2-6(7)9(12,13)14/h1-3,8H,4,15H2. The van der Waals surface area contributed by atoms with Crippen molar-refractivity contribution < 1.29 is 22.0 Å². The summed E-state index contributed by atoms with van der Waals surface area (Å²) >= 11 is 0. The van der Waals surface area contributed by atoms with Crippen molar-refractivity contribution in [3.05, 3.63) is 35.1 Å². The van der Waals surface area contributed by atoms with Gasteiger partial charge in [-0.2, -0.15) is 13.2 Å². The van der Waals surface area contributed by atoms with Gasteiger partial charge in [0.1, 0.15) is 12.0 Å². The summed E-state index contributed by atoms with van der Waals surface area (Å²) in [4.78, 5) is 0. The average molecular weight is 225 g/mol. The topological polar surface area (TPSA) is 26.0 Å². The van der Waals surface area contributed by atoms with Gasteiger partial charge < -0.3 is 5.73 Å². The molecule has 1 nitrogen and oxygen atoms in total. The SMILES string of the molecule is NCC(F)c1ccc(C(F)(F)F)c(F)c1. The molecule has 0 bridgehead atoms. The zero-order chi connectivity index (χ0) is 11.6. The molecule has 0 saturated carbocycles. The molecule has 0 fully saturated rings. The number of rotatable bonds is 2. The van der Waals surface area contributed by atoms with Crippen molar-refractivity contribution in [2.45, 2.75) is 12.3 Å². The molecule has 1 aromatic carbocycles. The third-order valence-corrected chi connectivity index (χ3v) is 1.87. The van der Waals surface area contributed by atoms with E-state index in [1.54, 1.807) is 0 Å². The number of benzene rings is 1. The summed E-state index contributed by atoms with van der Waals surface area (Å²) in [5.74, 6) is -1.49. The van der Waals surface area contributed by atoms with Crippen LogP contribution in [-0.2, 0) is 6.18 Å². The lowest BCUT2D eigenvalue weighted by Crippen LogP contribution is -2.11. The molecule has 0 aliphatic heterocycles. The zero-order valence-corrected chi connectivity index (χ0v) is 7.48. The Morgan fingerprint density at radius 2 is 1.87 bits per heavy atom. The van der Waals surface area contributed by atoms with E-state index in [9.17, 15) is 22.0 Å². The van der Waals surface area contributed by atoms with Crippen LogP contribution in [0.15, 0.2) is 18.2 Å². The van der Waals surface area contributed by atoms with Crippen molar-refractivity contribution in [1.82, 2.24) is 0 Å². The Kier molecular flexibility index (Phi) is 3.28. The Morgan fingerprint density at radius 3 is 2.27 bits per heavy atom. The summed E-state index contributed by atoms with van der Waals surface area (Å²) in [5.41, 5.74) is 3.36. The van der Waals surface area contributed by atoms with Gasteiger partial charge in [-0.1, -0.05) is 6.07 Å². The highest BCUT2D eigenvalue weighted by Crippen LogP contribution is 2.32. The maximum atomic E-state index is 12.9. The molecule has 84 valence electrons. The van der Waals surface area contributed by atoms with Crippen LogP contribution < -0.4 is 5.73 Å². The molecule has 0 aliphatic carbocycles. The average Bonchev–Trinajstić information content (AvgIpc) is 2.14. The maximum Gasteiger partial charge on any atom is 0.419 e. The Labute approximate surface area is 82.7 Å². The zero-order valence-electron chi connectivity index (χ0n) is 7.48. The van der Waals surface area contributed by atoms with Crippen LogP contribution in [0, 0.1) is 5.82 Å². The van der Waals surface area contributed by atoms with E-state index in [1.165, 1.54) is 0 Å². The fourth-order valence-electron chi connectivity index (χ4n) is 1.09. The lowest BCUT2D eigenvalue weighted by Gasteiger charge is -2.10. The molecule has 15 heavy (non-hydrogen) atoms. The number of alkyl halides is 4. The first-order valence-electron chi connectivity index (χ1n) is 4.07. The summed E-state index contributed by atoms with van der Waals surface area (Å²) in [5, 5.41) is 0. The van der Waals surface area contributed by atoms with Gasteiger partial charge >= 0.3 is 6.18 Å². The van der Waals surface area contributed by atoms with Gasteiger partial charge in [-0.15, -0.1) is 0 Å². The van der Waals surface area contributed by atoms with Crippen LogP contribution in [0.4, 0.5) is 22.0 Å². The van der Waals surface area contributed by atoms with Crippen LogP contribution in [0.25, 0.3) is 0 Å². The number of halogens is 5. The third kappa shape index (κ3) is 2.65. The van der Waals surface area contributed by atoms with E-state index in [-0.39, 0.29) is 5.56 Å². The predicted octanol–water partition coefficient (Wildman–Crippen LogP) is 2.81. The fraction of sp³-hybridized carbons (Fsp3) is 0.333. The molecular formula is C9H8F5N. The fourth-order valence-corrected chi connectivity index (χ4v) is 1.09. The van der Waals surface area contributed by atoms with E-state index < -0.39 is 30.3 Å².